The van der Waals surface area contributed by atoms with Crippen molar-refractivity contribution in [1.29, 1.82) is 0 Å². The second-order valence-electron chi connectivity index (χ2n) is 7.01. The van der Waals surface area contributed by atoms with E-state index >= 15 is 0 Å². The third-order valence-corrected chi connectivity index (χ3v) is 5.94. The number of piperidine rings is 1. The van der Waals surface area contributed by atoms with Gasteiger partial charge in [-0.25, -0.2) is 32.7 Å². The van der Waals surface area contributed by atoms with Gasteiger partial charge in [0.15, 0.2) is 0 Å². The number of fused-ring (bicyclic) bond motifs is 1. The number of amides is 1. The molecule has 0 radical (unpaired) electrons. The van der Waals surface area contributed by atoms with Crippen molar-refractivity contribution in [2.45, 2.75) is 23.8 Å². The molecule has 3 N–H and O–H groups in total. The highest BCUT2D eigenvalue weighted by atomic mass is 32.2. The van der Waals surface area contributed by atoms with Crippen LogP contribution in [0.2, 0.25) is 0 Å². The Kier molecular flexibility index (Phi) is 5.41. The van der Waals surface area contributed by atoms with Crippen LogP contribution < -0.4 is 9.88 Å². The molecule has 1 saturated heterocycles. The number of likely N-dealkylation sites (tertiary alicyclic amines) is 1. The van der Waals surface area contributed by atoms with Gasteiger partial charge in [0.25, 0.3) is 0 Å². The Balaban J connectivity index is 1.67. The molecule has 0 spiro atoms. The van der Waals surface area contributed by atoms with Crippen LogP contribution in [0.4, 0.5) is 9.18 Å². The highest BCUT2D eigenvalue weighted by molar-refractivity contribution is 7.89. The molecule has 1 aromatic carbocycles. The summed E-state index contributed by atoms with van der Waals surface area (Å²) >= 11 is 0. The van der Waals surface area contributed by atoms with E-state index in [4.69, 9.17) is 15.0 Å². The minimum absolute atomic E-state index is 0.0532. The summed E-state index contributed by atoms with van der Waals surface area (Å²) in [6.45, 7) is 0.717. The van der Waals surface area contributed by atoms with Crippen LogP contribution in [0.3, 0.4) is 0 Å². The number of halogens is 1. The second kappa shape index (κ2) is 8.04. The monoisotopic (exact) mass is 447 g/mol. The molecule has 12 heteroatoms. The average Bonchev–Trinajstić information content (AvgIpc) is 2.73. The number of ether oxygens (including phenoxy) is 1. The molecule has 0 bridgehead atoms. The maximum Gasteiger partial charge on any atom is 0.407 e. The van der Waals surface area contributed by atoms with Gasteiger partial charge in [-0.05, 0) is 24.3 Å². The molecule has 1 aliphatic rings. The predicted octanol–water partition coefficient (Wildman–Crippen LogP) is 2.00. The molecule has 1 amide bonds. The van der Waals surface area contributed by atoms with E-state index in [1.54, 1.807) is 6.07 Å². The van der Waals surface area contributed by atoms with Crippen molar-refractivity contribution in [3.8, 4) is 17.1 Å². The Morgan fingerprint density at radius 1 is 1.19 bits per heavy atom. The number of sulfonamides is 1. The second-order valence-corrected chi connectivity index (χ2v) is 8.57. The molecule has 2 aromatic heterocycles. The molecular formula is C19H18FN5O5S. The molecule has 0 unspecified atom stereocenters. The molecule has 1 aliphatic heterocycles. The van der Waals surface area contributed by atoms with Gasteiger partial charge in [-0.1, -0.05) is 0 Å². The number of nitrogens with two attached hydrogens (primary N) is 1. The smallest absolute Gasteiger partial charge is 0.407 e. The van der Waals surface area contributed by atoms with Crippen molar-refractivity contribution < 1.29 is 27.4 Å². The third-order valence-electron chi connectivity index (χ3n) is 5.03. The van der Waals surface area contributed by atoms with Gasteiger partial charge in [-0.2, -0.15) is 0 Å². The lowest BCUT2D eigenvalue weighted by Gasteiger charge is -2.30. The van der Waals surface area contributed by atoms with Crippen LogP contribution >= 0.6 is 0 Å². The molecule has 4 rings (SSSR count). The number of hydrogen-bond acceptors (Lipinski definition) is 7. The van der Waals surface area contributed by atoms with Crippen LogP contribution in [0.5, 0.6) is 5.88 Å². The van der Waals surface area contributed by atoms with E-state index in [1.807, 2.05) is 0 Å². The molecular weight excluding hydrogens is 429 g/mol. The van der Waals surface area contributed by atoms with Gasteiger partial charge < -0.3 is 14.7 Å². The highest BCUT2D eigenvalue weighted by Crippen LogP contribution is 2.32. The SMILES string of the molecule is NS(=O)(=O)c1ccc(-c2nccc3c(OC4CCN(C(=O)O)CC4)ncnc23)c(F)c1. The van der Waals surface area contributed by atoms with Crippen LogP contribution in [0, 0.1) is 5.82 Å². The Bertz CT molecular complexity index is 1260. The van der Waals surface area contributed by atoms with Crippen LogP contribution in [-0.4, -0.2) is 58.7 Å². The summed E-state index contributed by atoms with van der Waals surface area (Å²) in [6.07, 6.45) is 2.56. The topological polar surface area (TPSA) is 149 Å². The first-order chi connectivity index (χ1) is 14.7. The third kappa shape index (κ3) is 4.25. The number of pyridine rings is 1. The fraction of sp³-hybridized carbons (Fsp3) is 0.263. The molecule has 162 valence electrons. The number of carboxylic acid groups (broad SMARTS) is 1. The maximum atomic E-state index is 14.7. The van der Waals surface area contributed by atoms with Crippen molar-refractivity contribution in [3.63, 3.8) is 0 Å². The number of rotatable bonds is 4. The van der Waals surface area contributed by atoms with Gasteiger partial charge in [0.2, 0.25) is 15.9 Å². The highest BCUT2D eigenvalue weighted by Gasteiger charge is 2.25. The minimum atomic E-state index is -4.05. The molecule has 1 fully saturated rings. The average molecular weight is 447 g/mol. The largest absolute Gasteiger partial charge is 0.474 e. The summed E-state index contributed by atoms with van der Waals surface area (Å²) in [6, 6.07) is 4.95. The molecule has 3 heterocycles. The lowest BCUT2D eigenvalue weighted by atomic mass is 10.1. The van der Waals surface area contributed by atoms with Crippen molar-refractivity contribution in [1.82, 2.24) is 19.9 Å². The Morgan fingerprint density at radius 2 is 1.94 bits per heavy atom. The molecule has 0 atom stereocenters. The van der Waals surface area contributed by atoms with E-state index in [0.29, 0.717) is 36.8 Å². The zero-order chi connectivity index (χ0) is 22.2. The summed E-state index contributed by atoms with van der Waals surface area (Å²) < 4.78 is 43.6. The van der Waals surface area contributed by atoms with Crippen LogP contribution in [0.1, 0.15) is 12.8 Å². The first-order valence-corrected chi connectivity index (χ1v) is 10.9. The number of aromatic nitrogens is 3. The van der Waals surface area contributed by atoms with Crippen molar-refractivity contribution >= 4 is 27.0 Å². The van der Waals surface area contributed by atoms with Gasteiger partial charge in [0.05, 0.1) is 16.0 Å². The van der Waals surface area contributed by atoms with Crippen LogP contribution in [0.25, 0.3) is 22.2 Å². The van der Waals surface area contributed by atoms with Gasteiger partial charge in [0.1, 0.15) is 23.8 Å². The summed E-state index contributed by atoms with van der Waals surface area (Å²) in [5.41, 5.74) is 0.582. The van der Waals surface area contributed by atoms with Gasteiger partial charge in [-0.15, -0.1) is 0 Å². The molecule has 0 saturated carbocycles. The van der Waals surface area contributed by atoms with Crippen LogP contribution in [-0.2, 0) is 10.0 Å². The fourth-order valence-electron chi connectivity index (χ4n) is 3.44. The Labute approximate surface area is 176 Å². The van der Waals surface area contributed by atoms with Crippen LogP contribution in [0.15, 0.2) is 41.7 Å². The normalized spacial score (nSPS) is 15.2. The zero-order valence-electron chi connectivity index (χ0n) is 16.1. The summed E-state index contributed by atoms with van der Waals surface area (Å²) in [5, 5.41) is 14.6. The number of nitrogens with zero attached hydrogens (tertiary/aromatic N) is 4. The van der Waals surface area contributed by atoms with Crippen molar-refractivity contribution in [2.75, 3.05) is 13.1 Å². The number of primary sulfonamides is 1. The lowest BCUT2D eigenvalue weighted by Crippen LogP contribution is -2.41. The fourth-order valence-corrected chi connectivity index (χ4v) is 3.97. The van der Waals surface area contributed by atoms with E-state index in [9.17, 15) is 17.6 Å². The molecule has 0 aliphatic carbocycles. The quantitative estimate of drug-likeness (QED) is 0.617. The van der Waals surface area contributed by atoms with Gasteiger partial charge >= 0.3 is 6.09 Å². The zero-order valence-corrected chi connectivity index (χ0v) is 16.9. The predicted molar refractivity (Wildman–Crippen MR) is 107 cm³/mol. The van der Waals surface area contributed by atoms with E-state index < -0.39 is 21.9 Å². The Morgan fingerprint density at radius 3 is 2.58 bits per heavy atom. The van der Waals surface area contributed by atoms with E-state index in [2.05, 4.69) is 15.0 Å². The maximum absolute atomic E-state index is 14.7. The molecule has 31 heavy (non-hydrogen) atoms. The number of carbonyl (C=O) groups is 1. The lowest BCUT2D eigenvalue weighted by molar-refractivity contribution is 0.0879. The first-order valence-electron chi connectivity index (χ1n) is 9.31. The van der Waals surface area contributed by atoms with Gasteiger partial charge in [0, 0.05) is 37.7 Å². The van der Waals surface area contributed by atoms with E-state index in [-0.39, 0.29) is 28.1 Å². The number of hydrogen-bond donors (Lipinski definition) is 2. The summed E-state index contributed by atoms with van der Waals surface area (Å²) in [4.78, 5) is 24.6. The standard InChI is InChI=1S/C19H18FN5O5S/c20-15-9-12(31(21,28)29)1-2-13(15)16-17-14(3-6-22-16)18(24-10-23-17)30-11-4-7-25(8-5-11)19(26)27/h1-3,6,9-11H,4-5,7-8H2,(H,26,27)(H2,21,28,29). The first kappa shape index (κ1) is 20.9. The molecule has 10 nitrogen and oxygen atoms in total. The van der Waals surface area contributed by atoms with E-state index in [1.165, 1.54) is 29.6 Å². The summed E-state index contributed by atoms with van der Waals surface area (Å²) in [5.74, 6) is -0.530. The van der Waals surface area contributed by atoms with Crippen molar-refractivity contribution in [3.05, 3.63) is 42.6 Å². The van der Waals surface area contributed by atoms with Gasteiger partial charge in [-0.3, -0.25) is 4.98 Å². The number of benzene rings is 1. The van der Waals surface area contributed by atoms with E-state index in [0.717, 1.165) is 6.07 Å². The minimum Gasteiger partial charge on any atom is -0.474 e. The summed E-state index contributed by atoms with van der Waals surface area (Å²) in [7, 11) is -4.05. The molecule has 3 aromatic rings. The Hall–Kier alpha value is -3.38. The van der Waals surface area contributed by atoms with Crippen molar-refractivity contribution in [2.24, 2.45) is 5.14 Å².